The van der Waals surface area contributed by atoms with Crippen molar-refractivity contribution in [2.45, 2.75) is 0 Å². The van der Waals surface area contributed by atoms with Crippen LogP contribution >= 0.6 is 0 Å². The van der Waals surface area contributed by atoms with Crippen LogP contribution in [0.5, 0.6) is 0 Å². The van der Waals surface area contributed by atoms with Crippen LogP contribution in [0.2, 0.25) is 0 Å². The van der Waals surface area contributed by atoms with Gasteiger partial charge in [-0.2, -0.15) is 0 Å². The van der Waals surface area contributed by atoms with E-state index in [-0.39, 0.29) is 0 Å². The zero-order chi connectivity index (χ0) is 51.8. The summed E-state index contributed by atoms with van der Waals surface area (Å²) in [5.74, 6) is 0. The van der Waals surface area contributed by atoms with Crippen molar-refractivity contribution in [3.63, 3.8) is 0 Å². The zero-order valence-electron chi connectivity index (χ0n) is 42.9. The minimum atomic E-state index is 1.10. The molecule has 0 bridgehead atoms. The Hall–Kier alpha value is -10.3. The van der Waals surface area contributed by atoms with E-state index in [1.807, 2.05) is 0 Å². The molecule has 0 heterocycles. The number of nitrogens with zero attached hydrogens (tertiary/aromatic N) is 2. The van der Waals surface area contributed by atoms with Gasteiger partial charge in [-0.25, -0.2) is 0 Å². The van der Waals surface area contributed by atoms with Crippen molar-refractivity contribution in [1.29, 1.82) is 0 Å². The Morgan fingerprint density at radius 1 is 0.154 bits per heavy atom. The molecule has 0 aromatic heterocycles. The second kappa shape index (κ2) is 20.1. The van der Waals surface area contributed by atoms with Crippen molar-refractivity contribution >= 4 is 77.2 Å². The molecule has 0 unspecified atom stereocenters. The molecule has 0 atom stereocenters. The van der Waals surface area contributed by atoms with Crippen molar-refractivity contribution in [2.24, 2.45) is 0 Å². The maximum absolute atomic E-state index is 2.36. The van der Waals surface area contributed by atoms with Crippen LogP contribution in [0.25, 0.3) is 98.7 Å². The van der Waals surface area contributed by atoms with Gasteiger partial charge in [-0.05, 0) is 172 Å². The SMILES string of the molecule is c1ccc(-c2c3ccccc3c(-c3ccc(N(c4ccccc4)c4ccccc4)cc3)c3cccc(-c4cccc5c(-c6ccc(N(c7ccccc7)c7ccccc7)cc6)c6ccccc6c(-c6ccccc6)c45)c23)cc1. The van der Waals surface area contributed by atoms with E-state index in [9.17, 15) is 0 Å². The fourth-order valence-corrected chi connectivity index (χ4v) is 12.1. The summed E-state index contributed by atoms with van der Waals surface area (Å²) in [5, 5.41) is 9.73. The number of benzene rings is 14. The van der Waals surface area contributed by atoms with Crippen molar-refractivity contribution in [3.05, 3.63) is 315 Å². The Labute approximate surface area is 455 Å². The molecule has 0 saturated heterocycles. The van der Waals surface area contributed by atoms with Gasteiger partial charge < -0.3 is 9.80 Å². The van der Waals surface area contributed by atoms with Crippen LogP contribution in [-0.4, -0.2) is 0 Å². The second-order valence-electron chi connectivity index (χ2n) is 19.9. The predicted octanol–water partition coefficient (Wildman–Crippen LogP) is 21.6. The zero-order valence-corrected chi connectivity index (χ0v) is 42.9. The summed E-state index contributed by atoms with van der Waals surface area (Å²) in [7, 11) is 0. The van der Waals surface area contributed by atoms with Gasteiger partial charge >= 0.3 is 0 Å². The van der Waals surface area contributed by atoms with Crippen molar-refractivity contribution in [3.8, 4) is 55.6 Å². The van der Waals surface area contributed by atoms with E-state index in [0.29, 0.717) is 0 Å². The van der Waals surface area contributed by atoms with Crippen LogP contribution < -0.4 is 9.80 Å². The lowest BCUT2D eigenvalue weighted by molar-refractivity contribution is 1.28. The van der Waals surface area contributed by atoms with E-state index in [4.69, 9.17) is 0 Å². The molecule has 14 aromatic carbocycles. The summed E-state index contributed by atoms with van der Waals surface area (Å²) < 4.78 is 0. The smallest absolute Gasteiger partial charge is 0.0462 e. The quantitative estimate of drug-likeness (QED) is 0.119. The third-order valence-corrected chi connectivity index (χ3v) is 15.4. The molecule has 0 aliphatic rings. The lowest BCUT2D eigenvalue weighted by Crippen LogP contribution is -2.09. The predicted molar refractivity (Wildman–Crippen MR) is 333 cm³/mol. The summed E-state index contributed by atoms with van der Waals surface area (Å²) in [4.78, 5) is 4.66. The molecule has 78 heavy (non-hydrogen) atoms. The first-order valence-electron chi connectivity index (χ1n) is 26.8. The highest BCUT2D eigenvalue weighted by atomic mass is 15.1. The van der Waals surface area contributed by atoms with Gasteiger partial charge in [0.15, 0.2) is 0 Å². The van der Waals surface area contributed by atoms with E-state index >= 15 is 0 Å². The van der Waals surface area contributed by atoms with Gasteiger partial charge in [0.2, 0.25) is 0 Å². The molecule has 0 amide bonds. The van der Waals surface area contributed by atoms with E-state index in [1.54, 1.807) is 0 Å². The molecule has 0 aliphatic heterocycles. The molecule has 0 radical (unpaired) electrons. The normalized spacial score (nSPS) is 11.3. The first-order chi connectivity index (χ1) is 38.8. The number of fused-ring (bicyclic) bond motifs is 4. The van der Waals surface area contributed by atoms with Gasteiger partial charge in [0.1, 0.15) is 0 Å². The molecule has 2 heteroatoms. The summed E-state index contributed by atoms with van der Waals surface area (Å²) in [5.41, 5.74) is 18.6. The number of rotatable bonds is 11. The van der Waals surface area contributed by atoms with Crippen molar-refractivity contribution < 1.29 is 0 Å². The van der Waals surface area contributed by atoms with Gasteiger partial charge in [-0.1, -0.05) is 243 Å². The van der Waals surface area contributed by atoms with Gasteiger partial charge in [0, 0.05) is 34.1 Å². The van der Waals surface area contributed by atoms with Crippen LogP contribution in [-0.2, 0) is 0 Å². The molecular formula is C76H52N2. The highest BCUT2D eigenvalue weighted by molar-refractivity contribution is 6.29. The van der Waals surface area contributed by atoms with E-state index < -0.39 is 0 Å². The third kappa shape index (κ3) is 8.16. The lowest BCUT2D eigenvalue weighted by atomic mass is 9.80. The van der Waals surface area contributed by atoms with Crippen LogP contribution in [0.15, 0.2) is 315 Å². The van der Waals surface area contributed by atoms with E-state index in [1.165, 1.54) is 87.6 Å². The number of hydrogen-bond donors (Lipinski definition) is 0. The maximum atomic E-state index is 2.36. The standard InChI is InChI=1S/C76H52N2/c1-7-25-53(26-8-1)73-65-39-21-19-37-63(65)71(55-45-49-61(50-46-55)77(57-29-11-3-12-30-57)58-31-13-4-14-32-58)69-43-23-41-67(75(69)73)68-42-24-44-70-72(64-38-20-22-40-66(64)74(76(68)70)54-27-9-2-10-28-54)56-47-51-62(52-48-56)78(59-33-15-5-16-34-59)60-35-17-6-18-36-60/h1-52H. The Balaban J connectivity index is 1.03. The summed E-state index contributed by atoms with van der Waals surface area (Å²) in [6.07, 6.45) is 0. The molecular weight excluding hydrogens is 941 g/mol. The first kappa shape index (κ1) is 46.3. The van der Waals surface area contributed by atoms with E-state index in [0.717, 1.165) is 45.3 Å². The number of para-hydroxylation sites is 4. The second-order valence-corrected chi connectivity index (χ2v) is 19.9. The largest absolute Gasteiger partial charge is 0.311 e. The van der Waals surface area contributed by atoms with Gasteiger partial charge in [0.05, 0.1) is 0 Å². The third-order valence-electron chi connectivity index (χ3n) is 15.4. The Bertz CT molecular complexity index is 4060. The first-order valence-corrected chi connectivity index (χ1v) is 26.8. The van der Waals surface area contributed by atoms with Crippen LogP contribution in [0.1, 0.15) is 0 Å². The monoisotopic (exact) mass is 992 g/mol. The van der Waals surface area contributed by atoms with Crippen LogP contribution in [0, 0.1) is 0 Å². The number of anilines is 6. The Morgan fingerprint density at radius 2 is 0.385 bits per heavy atom. The molecule has 0 N–H and O–H groups in total. The maximum Gasteiger partial charge on any atom is 0.0462 e. The van der Waals surface area contributed by atoms with E-state index in [2.05, 4.69) is 325 Å². The minimum Gasteiger partial charge on any atom is -0.311 e. The summed E-state index contributed by atoms with van der Waals surface area (Å²) in [6, 6.07) is 115. The topological polar surface area (TPSA) is 6.48 Å². The average Bonchev–Trinajstić information content (AvgIpc) is 3.60. The number of hydrogen-bond acceptors (Lipinski definition) is 2. The summed E-state index contributed by atoms with van der Waals surface area (Å²) >= 11 is 0. The summed E-state index contributed by atoms with van der Waals surface area (Å²) in [6.45, 7) is 0. The van der Waals surface area contributed by atoms with Gasteiger partial charge in [-0.15, -0.1) is 0 Å². The Morgan fingerprint density at radius 3 is 0.692 bits per heavy atom. The molecule has 0 saturated carbocycles. The van der Waals surface area contributed by atoms with Crippen LogP contribution in [0.3, 0.4) is 0 Å². The fraction of sp³-hybridized carbons (Fsp3) is 0. The highest BCUT2D eigenvalue weighted by Crippen LogP contribution is 2.52. The lowest BCUT2D eigenvalue weighted by Gasteiger charge is -2.26. The molecule has 2 nitrogen and oxygen atoms in total. The van der Waals surface area contributed by atoms with Crippen LogP contribution in [0.4, 0.5) is 34.1 Å². The molecule has 0 fully saturated rings. The van der Waals surface area contributed by atoms with Crippen molar-refractivity contribution in [2.75, 3.05) is 9.80 Å². The average molecular weight is 993 g/mol. The molecule has 14 rings (SSSR count). The minimum absolute atomic E-state index is 1.10. The Kier molecular flexibility index (Phi) is 11.9. The van der Waals surface area contributed by atoms with Gasteiger partial charge in [-0.3, -0.25) is 0 Å². The molecule has 0 aliphatic carbocycles. The molecule has 0 spiro atoms. The van der Waals surface area contributed by atoms with Crippen molar-refractivity contribution in [1.82, 2.24) is 0 Å². The fourth-order valence-electron chi connectivity index (χ4n) is 12.1. The molecule has 366 valence electrons. The van der Waals surface area contributed by atoms with Gasteiger partial charge in [0.25, 0.3) is 0 Å². The highest BCUT2D eigenvalue weighted by Gasteiger charge is 2.25. The molecule has 14 aromatic rings.